The molecule has 3 aromatic rings. The number of nitrogens with zero attached hydrogens (tertiary/aromatic N) is 3. The molecule has 2 heterocycles. The molecule has 2 aromatic heterocycles. The highest BCUT2D eigenvalue weighted by molar-refractivity contribution is 7.14. The Kier molecular flexibility index (Phi) is 3.79. The van der Waals surface area contributed by atoms with E-state index in [0.717, 1.165) is 15.6 Å². The smallest absolute Gasteiger partial charge is 0.253 e. The molecule has 1 N–H and O–H groups in total. The molecule has 0 radical (unpaired) electrons. The van der Waals surface area contributed by atoms with E-state index in [1.54, 1.807) is 12.3 Å². The molecule has 0 unspecified atom stereocenters. The lowest BCUT2D eigenvalue weighted by atomic mass is 10.2. The standard InChI is InChI=1S/C15H14N4OS/c1-19-8-7-12(10-19)14(20)16-9-13-17-18-15(21-13)11-5-3-2-4-6-11/h2-8,10H,9H2,1H3,(H,16,20). The first-order valence-corrected chi connectivity index (χ1v) is 7.32. The van der Waals surface area contributed by atoms with Gasteiger partial charge in [0.05, 0.1) is 12.1 Å². The first-order valence-electron chi connectivity index (χ1n) is 6.50. The lowest BCUT2D eigenvalue weighted by Gasteiger charge is -1.99. The number of amides is 1. The van der Waals surface area contributed by atoms with Gasteiger partial charge in [-0.25, -0.2) is 0 Å². The first-order chi connectivity index (χ1) is 10.2. The molecule has 0 spiro atoms. The maximum absolute atomic E-state index is 11.9. The Labute approximate surface area is 126 Å². The largest absolute Gasteiger partial charge is 0.356 e. The van der Waals surface area contributed by atoms with Crippen LogP contribution >= 0.6 is 11.3 Å². The Morgan fingerprint density at radius 3 is 2.76 bits per heavy atom. The van der Waals surface area contributed by atoms with Gasteiger partial charge in [0, 0.05) is 25.0 Å². The Balaban J connectivity index is 1.64. The summed E-state index contributed by atoms with van der Waals surface area (Å²) in [6.45, 7) is 0.387. The van der Waals surface area contributed by atoms with Gasteiger partial charge in [-0.2, -0.15) is 0 Å². The van der Waals surface area contributed by atoms with Crippen LogP contribution in [0.1, 0.15) is 15.4 Å². The zero-order valence-corrected chi connectivity index (χ0v) is 12.3. The summed E-state index contributed by atoms with van der Waals surface area (Å²) in [7, 11) is 1.88. The lowest BCUT2D eigenvalue weighted by Crippen LogP contribution is -2.22. The van der Waals surface area contributed by atoms with Crippen LogP contribution in [0.25, 0.3) is 10.6 Å². The SMILES string of the molecule is Cn1ccc(C(=O)NCc2nnc(-c3ccccc3)s2)c1. The molecular weight excluding hydrogens is 284 g/mol. The van der Waals surface area contributed by atoms with Crippen LogP contribution in [0.2, 0.25) is 0 Å². The summed E-state index contributed by atoms with van der Waals surface area (Å²) in [6, 6.07) is 11.7. The molecule has 106 valence electrons. The lowest BCUT2D eigenvalue weighted by molar-refractivity contribution is 0.0951. The van der Waals surface area contributed by atoms with Crippen molar-refractivity contribution in [1.82, 2.24) is 20.1 Å². The van der Waals surface area contributed by atoms with E-state index in [4.69, 9.17) is 0 Å². The van der Waals surface area contributed by atoms with Crippen LogP contribution < -0.4 is 5.32 Å². The zero-order chi connectivity index (χ0) is 14.7. The molecule has 3 rings (SSSR count). The van der Waals surface area contributed by atoms with Crippen LogP contribution in [-0.4, -0.2) is 20.7 Å². The van der Waals surface area contributed by atoms with Crippen LogP contribution in [0.4, 0.5) is 0 Å². The predicted octanol–water partition coefficient (Wildman–Crippen LogP) is 2.47. The molecule has 0 aliphatic rings. The van der Waals surface area contributed by atoms with Crippen LogP contribution in [-0.2, 0) is 13.6 Å². The van der Waals surface area contributed by atoms with Gasteiger partial charge in [-0.3, -0.25) is 4.79 Å². The molecule has 0 aliphatic carbocycles. The summed E-state index contributed by atoms with van der Waals surface area (Å²) in [5, 5.41) is 12.8. The molecule has 1 amide bonds. The van der Waals surface area contributed by atoms with E-state index in [0.29, 0.717) is 12.1 Å². The highest BCUT2D eigenvalue weighted by atomic mass is 32.1. The van der Waals surface area contributed by atoms with Crippen molar-refractivity contribution in [3.05, 3.63) is 59.4 Å². The van der Waals surface area contributed by atoms with Crippen molar-refractivity contribution in [1.29, 1.82) is 0 Å². The second kappa shape index (κ2) is 5.88. The predicted molar refractivity (Wildman–Crippen MR) is 81.9 cm³/mol. The second-order valence-corrected chi connectivity index (χ2v) is 5.68. The highest BCUT2D eigenvalue weighted by Gasteiger charge is 2.09. The van der Waals surface area contributed by atoms with E-state index < -0.39 is 0 Å². The van der Waals surface area contributed by atoms with E-state index in [1.165, 1.54) is 11.3 Å². The number of carbonyl (C=O) groups is 1. The number of nitrogens with one attached hydrogen (secondary N) is 1. The van der Waals surface area contributed by atoms with Crippen molar-refractivity contribution < 1.29 is 4.79 Å². The van der Waals surface area contributed by atoms with Gasteiger partial charge < -0.3 is 9.88 Å². The van der Waals surface area contributed by atoms with Gasteiger partial charge >= 0.3 is 0 Å². The fourth-order valence-electron chi connectivity index (χ4n) is 1.92. The third-order valence-electron chi connectivity index (χ3n) is 2.98. The monoisotopic (exact) mass is 298 g/mol. The van der Waals surface area contributed by atoms with Gasteiger partial charge in [0.2, 0.25) is 0 Å². The topological polar surface area (TPSA) is 59.8 Å². The highest BCUT2D eigenvalue weighted by Crippen LogP contribution is 2.22. The maximum atomic E-state index is 11.9. The fraction of sp³-hybridized carbons (Fsp3) is 0.133. The van der Waals surface area contributed by atoms with Crippen molar-refractivity contribution in [3.63, 3.8) is 0 Å². The van der Waals surface area contributed by atoms with Gasteiger partial charge in [0.15, 0.2) is 0 Å². The Morgan fingerprint density at radius 2 is 2.05 bits per heavy atom. The summed E-state index contributed by atoms with van der Waals surface area (Å²) >= 11 is 1.49. The Morgan fingerprint density at radius 1 is 1.24 bits per heavy atom. The molecule has 0 saturated carbocycles. The van der Waals surface area contributed by atoms with Crippen molar-refractivity contribution in [2.45, 2.75) is 6.54 Å². The van der Waals surface area contributed by atoms with Crippen molar-refractivity contribution in [2.24, 2.45) is 7.05 Å². The third kappa shape index (κ3) is 3.17. The number of rotatable bonds is 4. The molecule has 6 heteroatoms. The minimum absolute atomic E-state index is 0.105. The number of hydrogen-bond acceptors (Lipinski definition) is 4. The average molecular weight is 298 g/mol. The summed E-state index contributed by atoms with van der Waals surface area (Å²) in [5.74, 6) is -0.105. The van der Waals surface area contributed by atoms with Gasteiger partial charge in [0.1, 0.15) is 10.0 Å². The van der Waals surface area contributed by atoms with Crippen LogP contribution in [0, 0.1) is 0 Å². The van der Waals surface area contributed by atoms with Gasteiger partial charge in [-0.1, -0.05) is 41.7 Å². The first kappa shape index (κ1) is 13.5. The minimum Gasteiger partial charge on any atom is -0.356 e. The molecular formula is C15H14N4OS. The third-order valence-corrected chi connectivity index (χ3v) is 3.95. The summed E-state index contributed by atoms with van der Waals surface area (Å²) < 4.78 is 1.84. The number of aromatic nitrogens is 3. The molecule has 0 atom stereocenters. The molecule has 1 aromatic carbocycles. The quantitative estimate of drug-likeness (QED) is 0.805. The van der Waals surface area contributed by atoms with Crippen LogP contribution in [0.5, 0.6) is 0 Å². The zero-order valence-electron chi connectivity index (χ0n) is 11.5. The average Bonchev–Trinajstić information content (AvgIpc) is 3.15. The van der Waals surface area contributed by atoms with Crippen molar-refractivity contribution in [3.8, 4) is 10.6 Å². The van der Waals surface area contributed by atoms with E-state index in [9.17, 15) is 4.79 Å². The molecule has 0 bridgehead atoms. The molecule has 0 saturated heterocycles. The Hall–Kier alpha value is -2.47. The maximum Gasteiger partial charge on any atom is 0.253 e. The molecule has 0 aliphatic heterocycles. The van der Waals surface area contributed by atoms with Gasteiger partial charge in [-0.15, -0.1) is 10.2 Å². The Bertz CT molecular complexity index is 748. The molecule has 21 heavy (non-hydrogen) atoms. The van der Waals surface area contributed by atoms with E-state index in [1.807, 2.05) is 48.1 Å². The van der Waals surface area contributed by atoms with Crippen molar-refractivity contribution in [2.75, 3.05) is 0 Å². The normalized spacial score (nSPS) is 10.5. The van der Waals surface area contributed by atoms with Crippen LogP contribution in [0.15, 0.2) is 48.8 Å². The summed E-state index contributed by atoms with van der Waals surface area (Å²) in [5.41, 5.74) is 1.68. The van der Waals surface area contributed by atoms with E-state index in [2.05, 4.69) is 15.5 Å². The number of benzene rings is 1. The van der Waals surface area contributed by atoms with Crippen LogP contribution in [0.3, 0.4) is 0 Å². The number of carbonyl (C=O) groups excluding carboxylic acids is 1. The second-order valence-electron chi connectivity index (χ2n) is 4.62. The van der Waals surface area contributed by atoms with Crippen molar-refractivity contribution >= 4 is 17.2 Å². The number of aryl methyl sites for hydroxylation is 1. The number of hydrogen-bond donors (Lipinski definition) is 1. The summed E-state index contributed by atoms with van der Waals surface area (Å²) in [4.78, 5) is 11.9. The summed E-state index contributed by atoms with van der Waals surface area (Å²) in [6.07, 6.45) is 3.62. The minimum atomic E-state index is -0.105. The molecule has 5 nitrogen and oxygen atoms in total. The van der Waals surface area contributed by atoms with E-state index in [-0.39, 0.29) is 5.91 Å². The fourth-order valence-corrected chi connectivity index (χ4v) is 2.70. The van der Waals surface area contributed by atoms with E-state index >= 15 is 0 Å². The van der Waals surface area contributed by atoms with Gasteiger partial charge in [0.25, 0.3) is 5.91 Å². The van der Waals surface area contributed by atoms with Gasteiger partial charge in [-0.05, 0) is 6.07 Å². The molecule has 0 fully saturated rings.